The molecule has 6 nitrogen and oxygen atoms in total. The molecule has 0 unspecified atom stereocenters. The summed E-state index contributed by atoms with van der Waals surface area (Å²) in [4.78, 5) is 21.9. The summed E-state index contributed by atoms with van der Waals surface area (Å²) in [7, 11) is 0. The van der Waals surface area contributed by atoms with Crippen LogP contribution in [0.4, 0.5) is 11.5 Å². The summed E-state index contributed by atoms with van der Waals surface area (Å²) in [5.74, 6) is 1.17. The summed E-state index contributed by atoms with van der Waals surface area (Å²) < 4.78 is 0. The Hall–Kier alpha value is -3.07. The van der Waals surface area contributed by atoms with Crippen molar-refractivity contribution in [1.29, 1.82) is 5.26 Å². The molecular formula is C21H23N5O. The van der Waals surface area contributed by atoms with Crippen molar-refractivity contribution in [1.82, 2.24) is 9.88 Å². The number of hydrogen-bond acceptors (Lipinski definition) is 5. The van der Waals surface area contributed by atoms with Gasteiger partial charge in [-0.25, -0.2) is 4.98 Å². The number of nitrogens with one attached hydrogen (secondary N) is 1. The number of nitriles is 1. The Morgan fingerprint density at radius 1 is 1.11 bits per heavy atom. The van der Waals surface area contributed by atoms with E-state index < -0.39 is 5.54 Å². The Kier molecular flexibility index (Phi) is 4.44. The van der Waals surface area contributed by atoms with Gasteiger partial charge in [0.05, 0.1) is 11.6 Å². The van der Waals surface area contributed by atoms with Crippen LogP contribution in [0.2, 0.25) is 0 Å². The maximum Gasteiger partial charge on any atom is 0.248 e. The predicted molar refractivity (Wildman–Crippen MR) is 105 cm³/mol. The number of pyridine rings is 1. The van der Waals surface area contributed by atoms with Crippen molar-refractivity contribution in [3.05, 3.63) is 53.7 Å². The van der Waals surface area contributed by atoms with E-state index in [0.29, 0.717) is 18.7 Å². The zero-order chi connectivity index (χ0) is 18.9. The summed E-state index contributed by atoms with van der Waals surface area (Å²) in [6.07, 6.45) is 1.71. The monoisotopic (exact) mass is 361 g/mol. The van der Waals surface area contributed by atoms with Gasteiger partial charge >= 0.3 is 0 Å². The third-order valence-corrected chi connectivity index (χ3v) is 5.32. The smallest absolute Gasteiger partial charge is 0.248 e. The third kappa shape index (κ3) is 3.59. The van der Waals surface area contributed by atoms with Crippen LogP contribution >= 0.6 is 0 Å². The molecule has 2 aromatic rings. The fraction of sp³-hybridized carbons (Fsp3) is 0.381. The lowest BCUT2D eigenvalue weighted by Gasteiger charge is -2.37. The normalized spacial score (nSPS) is 17.9. The summed E-state index contributed by atoms with van der Waals surface area (Å²) in [5.41, 5.74) is 2.05. The Bertz CT molecular complexity index is 874. The second kappa shape index (κ2) is 6.92. The quantitative estimate of drug-likeness (QED) is 0.906. The SMILES string of the molecule is Cc1cccc(N2CCN(C(=O)C3(Nc4ccc(C#N)cc4)CC3)CC2)n1. The van der Waals surface area contributed by atoms with E-state index in [1.165, 1.54) is 0 Å². The molecule has 0 radical (unpaired) electrons. The molecule has 1 aromatic heterocycles. The van der Waals surface area contributed by atoms with E-state index >= 15 is 0 Å². The highest BCUT2D eigenvalue weighted by atomic mass is 16.2. The van der Waals surface area contributed by atoms with E-state index in [2.05, 4.69) is 21.3 Å². The number of rotatable bonds is 4. The first-order chi connectivity index (χ1) is 13.1. The van der Waals surface area contributed by atoms with Gasteiger partial charge in [0.1, 0.15) is 11.4 Å². The number of carbonyl (C=O) groups excluding carboxylic acids is 1. The van der Waals surface area contributed by atoms with Gasteiger partial charge < -0.3 is 15.1 Å². The largest absolute Gasteiger partial charge is 0.371 e. The Morgan fingerprint density at radius 2 is 1.81 bits per heavy atom. The molecule has 2 fully saturated rings. The molecule has 1 saturated heterocycles. The topological polar surface area (TPSA) is 72.3 Å². The zero-order valence-corrected chi connectivity index (χ0v) is 15.5. The molecule has 0 atom stereocenters. The third-order valence-electron chi connectivity index (χ3n) is 5.32. The number of carbonyl (C=O) groups is 1. The lowest BCUT2D eigenvalue weighted by atomic mass is 10.1. The van der Waals surface area contributed by atoms with Crippen LogP contribution < -0.4 is 10.2 Å². The molecule has 27 heavy (non-hydrogen) atoms. The summed E-state index contributed by atoms with van der Waals surface area (Å²) in [6.45, 7) is 5.02. The number of aromatic nitrogens is 1. The van der Waals surface area contributed by atoms with Crippen molar-refractivity contribution in [2.75, 3.05) is 36.4 Å². The van der Waals surface area contributed by atoms with Gasteiger partial charge in [0.15, 0.2) is 0 Å². The molecule has 1 saturated carbocycles. The Morgan fingerprint density at radius 3 is 2.41 bits per heavy atom. The minimum atomic E-state index is -0.474. The van der Waals surface area contributed by atoms with Crippen LogP contribution in [-0.4, -0.2) is 47.5 Å². The molecule has 0 spiro atoms. The molecule has 4 rings (SSSR count). The van der Waals surface area contributed by atoms with E-state index in [-0.39, 0.29) is 5.91 Å². The fourth-order valence-electron chi connectivity index (χ4n) is 3.57. The first-order valence-electron chi connectivity index (χ1n) is 9.36. The number of benzene rings is 1. The van der Waals surface area contributed by atoms with Crippen LogP contribution in [0, 0.1) is 18.3 Å². The van der Waals surface area contributed by atoms with Gasteiger partial charge in [-0.15, -0.1) is 0 Å². The average Bonchev–Trinajstić information content (AvgIpc) is 3.49. The van der Waals surface area contributed by atoms with Gasteiger partial charge in [0, 0.05) is 37.6 Å². The lowest BCUT2D eigenvalue weighted by molar-refractivity contribution is -0.133. The van der Waals surface area contributed by atoms with E-state index in [1.54, 1.807) is 12.1 Å². The van der Waals surface area contributed by atoms with Gasteiger partial charge in [0.2, 0.25) is 5.91 Å². The Labute approximate surface area is 159 Å². The van der Waals surface area contributed by atoms with E-state index in [4.69, 9.17) is 5.26 Å². The highest BCUT2D eigenvalue weighted by Crippen LogP contribution is 2.41. The molecule has 138 valence electrons. The van der Waals surface area contributed by atoms with Crippen LogP contribution in [-0.2, 0) is 4.79 Å². The minimum Gasteiger partial charge on any atom is -0.371 e. The molecule has 1 aliphatic carbocycles. The first-order valence-corrected chi connectivity index (χ1v) is 9.36. The van der Waals surface area contributed by atoms with E-state index in [1.807, 2.05) is 42.2 Å². The molecule has 2 aliphatic rings. The van der Waals surface area contributed by atoms with E-state index in [0.717, 1.165) is 43.1 Å². The number of aryl methyl sites for hydroxylation is 1. The summed E-state index contributed by atoms with van der Waals surface area (Å²) >= 11 is 0. The molecule has 1 aromatic carbocycles. The van der Waals surface area contributed by atoms with Crippen molar-refractivity contribution in [2.45, 2.75) is 25.3 Å². The van der Waals surface area contributed by atoms with Crippen molar-refractivity contribution >= 4 is 17.4 Å². The van der Waals surface area contributed by atoms with Crippen molar-refractivity contribution in [3.63, 3.8) is 0 Å². The number of anilines is 2. The van der Waals surface area contributed by atoms with Crippen LogP contribution in [0.15, 0.2) is 42.5 Å². The molecule has 6 heteroatoms. The number of nitrogens with zero attached hydrogens (tertiary/aromatic N) is 4. The maximum absolute atomic E-state index is 13.1. The average molecular weight is 361 g/mol. The molecule has 1 amide bonds. The van der Waals surface area contributed by atoms with Gasteiger partial charge in [-0.05, 0) is 56.2 Å². The van der Waals surface area contributed by atoms with E-state index in [9.17, 15) is 4.79 Å². The number of hydrogen-bond donors (Lipinski definition) is 1. The fourth-order valence-corrected chi connectivity index (χ4v) is 3.57. The van der Waals surface area contributed by atoms with Crippen LogP contribution in [0.3, 0.4) is 0 Å². The number of piperazine rings is 1. The van der Waals surface area contributed by atoms with Crippen molar-refractivity contribution in [3.8, 4) is 6.07 Å². The highest BCUT2D eigenvalue weighted by Gasteiger charge is 2.52. The molecule has 0 bridgehead atoms. The second-order valence-corrected chi connectivity index (χ2v) is 7.31. The van der Waals surface area contributed by atoms with Crippen LogP contribution in [0.5, 0.6) is 0 Å². The van der Waals surface area contributed by atoms with Gasteiger partial charge in [-0.1, -0.05) is 6.07 Å². The van der Waals surface area contributed by atoms with Gasteiger partial charge in [-0.2, -0.15) is 5.26 Å². The van der Waals surface area contributed by atoms with Gasteiger partial charge in [-0.3, -0.25) is 4.79 Å². The van der Waals surface area contributed by atoms with Crippen LogP contribution in [0.25, 0.3) is 0 Å². The maximum atomic E-state index is 13.1. The Balaban J connectivity index is 1.38. The number of amides is 1. The van der Waals surface area contributed by atoms with Crippen molar-refractivity contribution in [2.24, 2.45) is 0 Å². The molecular weight excluding hydrogens is 338 g/mol. The summed E-state index contributed by atoms with van der Waals surface area (Å²) in [5, 5.41) is 12.3. The molecule has 1 aliphatic heterocycles. The lowest BCUT2D eigenvalue weighted by Crippen LogP contribution is -2.54. The first kappa shape index (κ1) is 17.3. The highest BCUT2D eigenvalue weighted by molar-refractivity contribution is 5.92. The zero-order valence-electron chi connectivity index (χ0n) is 15.5. The van der Waals surface area contributed by atoms with Crippen molar-refractivity contribution < 1.29 is 4.79 Å². The molecule has 2 heterocycles. The molecule has 1 N–H and O–H groups in total. The van der Waals surface area contributed by atoms with Gasteiger partial charge in [0.25, 0.3) is 0 Å². The summed E-state index contributed by atoms with van der Waals surface area (Å²) in [6, 6.07) is 15.4. The minimum absolute atomic E-state index is 0.184. The standard InChI is InChI=1S/C21H23N5O/c1-16-3-2-4-19(23-16)25-11-13-26(14-12-25)20(27)21(9-10-21)24-18-7-5-17(15-22)6-8-18/h2-8,24H,9-14H2,1H3. The second-order valence-electron chi connectivity index (χ2n) is 7.31. The predicted octanol–water partition coefficient (Wildman–Crippen LogP) is 2.56. The van der Waals surface area contributed by atoms with Crippen LogP contribution in [0.1, 0.15) is 24.1 Å².